The molecule has 0 atom stereocenters. The van der Waals surface area contributed by atoms with Crippen LogP contribution < -0.4 is 6.15 Å². The van der Waals surface area contributed by atoms with Gasteiger partial charge in [-0.1, -0.05) is 0 Å². The van der Waals surface area contributed by atoms with E-state index in [0.29, 0.717) is 0 Å². The van der Waals surface area contributed by atoms with Crippen LogP contribution in [0.25, 0.3) is 0 Å². The molecule has 0 amide bonds. The Labute approximate surface area is 71.7 Å². The molecule has 5 heteroatoms. The average Bonchev–Trinajstić information content (AvgIpc) is 1.90. The van der Waals surface area contributed by atoms with E-state index in [1.807, 2.05) is 0 Å². The first-order valence-corrected chi connectivity index (χ1v) is 5.54. The molecule has 0 aromatic rings. The van der Waals surface area contributed by atoms with Crippen LogP contribution in [0.3, 0.4) is 0 Å². The number of aliphatic hydroxyl groups excluding tert-OH is 3. The Morgan fingerprint density at radius 3 is 1.18 bits per heavy atom. The van der Waals surface area contributed by atoms with Crippen LogP contribution >= 0.6 is 0 Å². The van der Waals surface area contributed by atoms with Gasteiger partial charge < -0.3 is 6.15 Å². The van der Waals surface area contributed by atoms with Gasteiger partial charge >= 0.3 is 65.0 Å². The van der Waals surface area contributed by atoms with E-state index < -0.39 is 13.9 Å². The molecule has 11 heavy (non-hydrogen) atoms. The molecule has 0 aliphatic carbocycles. The molecule has 4 nitrogen and oxygen atoms in total. The second-order valence-electron chi connectivity index (χ2n) is 1.73. The summed E-state index contributed by atoms with van der Waals surface area (Å²) in [5.74, 6) is 0. The maximum absolute atomic E-state index is 8.55. The van der Waals surface area contributed by atoms with Gasteiger partial charge in [0.15, 0.2) is 0 Å². The molecule has 0 aliphatic rings. The summed E-state index contributed by atoms with van der Waals surface area (Å²) < 4.78 is 0. The summed E-state index contributed by atoms with van der Waals surface area (Å²) in [6.07, 6.45) is 0. The van der Waals surface area contributed by atoms with Crippen molar-refractivity contribution >= 4 is 0 Å². The van der Waals surface area contributed by atoms with Gasteiger partial charge in [-0.15, -0.1) is 0 Å². The first kappa shape index (κ1) is 13.9. The normalized spacial score (nSPS) is 10.6. The Bertz CT molecular complexity index is 60.6. The van der Waals surface area contributed by atoms with Gasteiger partial charge in [-0.25, -0.2) is 0 Å². The van der Waals surface area contributed by atoms with Crippen LogP contribution in [0.2, 0.25) is 16.0 Å². The van der Waals surface area contributed by atoms with Crippen LogP contribution in [0, 0.1) is 0 Å². The molecule has 0 spiro atoms. The Balaban J connectivity index is 0. The van der Waals surface area contributed by atoms with Crippen LogP contribution in [0.4, 0.5) is 0 Å². The molecule has 0 bridgehead atoms. The van der Waals surface area contributed by atoms with Crippen molar-refractivity contribution in [2.45, 2.75) is 16.0 Å². The quantitative estimate of drug-likeness (QED) is 0.462. The van der Waals surface area contributed by atoms with Crippen LogP contribution in [0.5, 0.6) is 0 Å². The van der Waals surface area contributed by atoms with E-state index >= 15 is 0 Å². The van der Waals surface area contributed by atoms with Gasteiger partial charge in [0.25, 0.3) is 0 Å². The van der Waals surface area contributed by atoms with Crippen molar-refractivity contribution in [1.82, 2.24) is 6.15 Å². The second kappa shape index (κ2) is 10.4. The molecule has 0 aromatic heterocycles. The van der Waals surface area contributed by atoms with Crippen LogP contribution in [-0.2, 0) is 13.9 Å². The summed E-state index contributed by atoms with van der Waals surface area (Å²) in [6, 6.07) is 0. The number of aliphatic hydroxyl groups is 3. The summed E-state index contributed by atoms with van der Waals surface area (Å²) in [5.41, 5.74) is 0. The molecule has 0 rings (SSSR count). The molecule has 0 aliphatic heterocycles. The fraction of sp³-hybridized carbons (Fsp3) is 1.00. The van der Waals surface area contributed by atoms with Crippen molar-refractivity contribution in [3.8, 4) is 0 Å². The first-order chi connectivity index (χ1) is 4.85. The summed E-state index contributed by atoms with van der Waals surface area (Å²) in [5, 5.41) is 27.9. The van der Waals surface area contributed by atoms with E-state index in [9.17, 15) is 0 Å². The fourth-order valence-electron chi connectivity index (χ4n) is 0.601. The predicted molar refractivity (Wildman–Crippen MR) is 40.7 cm³/mol. The molecule has 6 N–H and O–H groups in total. The van der Waals surface area contributed by atoms with E-state index in [1.54, 1.807) is 0 Å². The van der Waals surface area contributed by atoms with Gasteiger partial charge in [-0.3, -0.25) is 0 Å². The third-order valence-corrected chi connectivity index (χ3v) is 4.07. The molecule has 0 aromatic carbocycles. The van der Waals surface area contributed by atoms with Crippen molar-refractivity contribution < 1.29 is 29.2 Å². The van der Waals surface area contributed by atoms with Gasteiger partial charge in [0.05, 0.1) is 0 Å². The first-order valence-electron chi connectivity index (χ1n) is 3.20. The maximum atomic E-state index is 8.55. The minimum atomic E-state index is -0.479. The number of hydrogen-bond donors (Lipinski definition) is 4. The Morgan fingerprint density at radius 2 is 1.00 bits per heavy atom. The fourth-order valence-corrected chi connectivity index (χ4v) is 2.48. The number of rotatable bonds is 6. The molecular weight excluding hydrogens is 190 g/mol. The molecule has 73 valence electrons. The molecule has 0 fully saturated rings. The van der Waals surface area contributed by atoms with E-state index in [1.165, 1.54) is 0 Å². The monoisotopic (exact) mass is 208 g/mol. The van der Waals surface area contributed by atoms with Crippen LogP contribution in [-0.4, -0.2) is 35.1 Å². The average molecular weight is 208 g/mol. The van der Waals surface area contributed by atoms with Gasteiger partial charge in [-0.05, 0) is 0 Å². The zero-order valence-corrected chi connectivity index (χ0v) is 7.75. The van der Waals surface area contributed by atoms with Crippen molar-refractivity contribution in [2.24, 2.45) is 0 Å². The van der Waals surface area contributed by atoms with Crippen LogP contribution in [0.15, 0.2) is 0 Å². The molecule has 0 heterocycles. The standard InChI is InChI=1S/3C2H5O.Fe.H3N/c3*1-2-3;;/h3*3H,1-2H2;;1H3. The zero-order chi connectivity index (χ0) is 7.82. The third-order valence-electron chi connectivity index (χ3n) is 0.987. The van der Waals surface area contributed by atoms with Crippen LogP contribution in [0.1, 0.15) is 0 Å². The molecule has 0 radical (unpaired) electrons. The van der Waals surface area contributed by atoms with E-state index in [-0.39, 0.29) is 26.0 Å². The molecule has 0 unspecified atom stereocenters. The van der Waals surface area contributed by atoms with Gasteiger partial charge in [0.1, 0.15) is 0 Å². The van der Waals surface area contributed by atoms with Gasteiger partial charge in [0.2, 0.25) is 0 Å². The second-order valence-corrected chi connectivity index (χ2v) is 5.04. The van der Waals surface area contributed by atoms with E-state index in [4.69, 9.17) is 15.3 Å². The van der Waals surface area contributed by atoms with Crippen molar-refractivity contribution in [1.29, 1.82) is 0 Å². The summed E-state index contributed by atoms with van der Waals surface area (Å²) in [6.45, 7) is 0.542. The van der Waals surface area contributed by atoms with E-state index in [2.05, 4.69) is 0 Å². The van der Waals surface area contributed by atoms with Crippen molar-refractivity contribution in [3.05, 3.63) is 0 Å². The van der Waals surface area contributed by atoms with Crippen molar-refractivity contribution in [2.75, 3.05) is 19.8 Å². The summed E-state index contributed by atoms with van der Waals surface area (Å²) in [4.78, 5) is 0. The Hall–Kier alpha value is 0.359. The Kier molecular flexibility index (Phi) is 13.1. The minimum absolute atomic E-state index is 0. The van der Waals surface area contributed by atoms with Gasteiger partial charge in [0, 0.05) is 0 Å². The topological polar surface area (TPSA) is 95.7 Å². The zero-order valence-electron chi connectivity index (χ0n) is 6.64. The molecular formula is C6H18FeNO3. The Morgan fingerprint density at radius 1 is 0.727 bits per heavy atom. The van der Waals surface area contributed by atoms with Gasteiger partial charge in [-0.2, -0.15) is 0 Å². The number of hydrogen-bond acceptors (Lipinski definition) is 4. The third kappa shape index (κ3) is 8.26. The molecule has 0 saturated heterocycles. The summed E-state index contributed by atoms with van der Waals surface area (Å²) >= 11 is -0.479. The molecule has 0 saturated carbocycles. The van der Waals surface area contributed by atoms with Crippen molar-refractivity contribution in [3.63, 3.8) is 0 Å². The predicted octanol–water partition coefficient (Wildman–Crippen LogP) is -0.00160. The summed E-state index contributed by atoms with van der Waals surface area (Å²) in [7, 11) is 0. The SMILES string of the molecule is N.OC[CH2][Fe]([CH2]CO)[CH2]CO. The van der Waals surface area contributed by atoms with E-state index in [0.717, 1.165) is 16.0 Å².